The van der Waals surface area contributed by atoms with E-state index < -0.39 is 0 Å². The molecule has 0 radical (unpaired) electrons. The fraction of sp³-hybridized carbons (Fsp3) is 0.951. The molecule has 260 valence electrons. The maximum absolute atomic E-state index is 2.51. The van der Waals surface area contributed by atoms with Crippen LogP contribution in [0.15, 0.2) is 12.2 Å². The first-order valence-corrected chi connectivity index (χ1v) is 20.1. The Bertz CT molecular complexity index is 502. The number of hydrogen-bond acceptors (Lipinski definition) is 1. The summed E-state index contributed by atoms with van der Waals surface area (Å²) in [5.74, 6) is 0. The van der Waals surface area contributed by atoms with Crippen molar-refractivity contribution in [3.8, 4) is 0 Å². The predicted molar refractivity (Wildman–Crippen MR) is 202 cm³/mol. The summed E-state index contributed by atoms with van der Waals surface area (Å²) in [7, 11) is 4.52. The Morgan fingerprint density at radius 1 is 0.372 bits per heavy atom. The lowest BCUT2D eigenvalue weighted by atomic mass is 10.0. The molecule has 0 aromatic carbocycles. The summed E-state index contributed by atoms with van der Waals surface area (Å²) in [4.78, 5) is 2.43. The van der Waals surface area contributed by atoms with Gasteiger partial charge in [0.05, 0.1) is 0 Å². The molecule has 0 fully saturated rings. The van der Waals surface area contributed by atoms with Gasteiger partial charge >= 0.3 is 0 Å². The van der Waals surface area contributed by atoms with Crippen molar-refractivity contribution in [2.75, 3.05) is 14.1 Å². The molecule has 0 heterocycles. The molecule has 0 aliphatic rings. The molecule has 0 saturated heterocycles. The van der Waals surface area contributed by atoms with Crippen molar-refractivity contribution in [2.45, 2.75) is 238 Å². The van der Waals surface area contributed by atoms with Crippen molar-refractivity contribution in [3.63, 3.8) is 0 Å². The second-order valence-corrected chi connectivity index (χ2v) is 14.1. The zero-order chi connectivity index (χ0) is 30.6. The molecule has 1 nitrogen and oxygen atoms in total. The van der Waals surface area contributed by atoms with Crippen LogP contribution in [0.5, 0.6) is 0 Å². The largest absolute Gasteiger partial charge is 0.303 e. The summed E-state index contributed by atoms with van der Waals surface area (Å²) in [5, 5.41) is 0. The minimum Gasteiger partial charge on any atom is -0.303 e. The highest BCUT2D eigenvalue weighted by molar-refractivity contribution is 5.85. The zero-order valence-corrected chi connectivity index (χ0v) is 31.4. The highest BCUT2D eigenvalue weighted by atomic mass is 35.5. The maximum Gasteiger partial charge on any atom is 0.0272 e. The van der Waals surface area contributed by atoms with Crippen LogP contribution in [0.1, 0.15) is 232 Å². The predicted octanol–water partition coefficient (Wildman–Crippen LogP) is 15.2. The Kier molecular flexibility index (Phi) is 42.0. The zero-order valence-electron chi connectivity index (χ0n) is 30.6. The molecule has 1 unspecified atom stereocenters. The first-order valence-electron chi connectivity index (χ1n) is 20.1. The third-order valence-corrected chi connectivity index (χ3v) is 9.60. The number of likely N-dealkylation sites (N-methyl/N-ethyl adjacent to an activating group) is 1. The lowest BCUT2D eigenvalue weighted by Crippen LogP contribution is -2.25. The number of allylic oxidation sites excluding steroid dienone is 1. The Labute approximate surface area is 281 Å². The maximum atomic E-state index is 2.51. The topological polar surface area (TPSA) is 3.24 Å². The summed E-state index contributed by atoms with van der Waals surface area (Å²) in [5.41, 5.74) is 0. The van der Waals surface area contributed by atoms with E-state index in [-0.39, 0.29) is 12.4 Å². The first-order chi connectivity index (χ1) is 20.7. The second kappa shape index (κ2) is 40.0. The fourth-order valence-electron chi connectivity index (χ4n) is 6.49. The van der Waals surface area contributed by atoms with E-state index in [9.17, 15) is 0 Å². The number of unbranched alkanes of at least 4 members (excludes halogenated alkanes) is 31. The van der Waals surface area contributed by atoms with E-state index >= 15 is 0 Å². The molecule has 0 aliphatic heterocycles. The second-order valence-electron chi connectivity index (χ2n) is 14.1. The Morgan fingerprint density at radius 3 is 0.907 bits per heavy atom. The smallest absolute Gasteiger partial charge is 0.0272 e. The molecule has 43 heavy (non-hydrogen) atoms. The highest BCUT2D eigenvalue weighted by Gasteiger charge is 2.06. The van der Waals surface area contributed by atoms with Gasteiger partial charge in [0.25, 0.3) is 0 Å². The van der Waals surface area contributed by atoms with Gasteiger partial charge in [-0.25, -0.2) is 0 Å². The molecule has 0 aliphatic carbocycles. The van der Waals surface area contributed by atoms with Gasteiger partial charge in [-0.15, -0.1) is 12.4 Å². The molecular formula is C41H84ClN. The molecule has 0 spiro atoms. The van der Waals surface area contributed by atoms with Crippen LogP contribution in [-0.2, 0) is 0 Å². The lowest BCUT2D eigenvalue weighted by Gasteiger charge is -2.21. The minimum absolute atomic E-state index is 0. The summed E-state index contributed by atoms with van der Waals surface area (Å²) < 4.78 is 0. The van der Waals surface area contributed by atoms with Crippen molar-refractivity contribution in [2.24, 2.45) is 0 Å². The van der Waals surface area contributed by atoms with Crippen molar-refractivity contribution >= 4 is 12.4 Å². The Morgan fingerprint density at radius 2 is 0.628 bits per heavy atom. The average Bonchev–Trinajstić information content (AvgIpc) is 2.99. The molecule has 0 N–H and O–H groups in total. The number of rotatable bonds is 36. The van der Waals surface area contributed by atoms with Crippen LogP contribution in [0.25, 0.3) is 0 Å². The van der Waals surface area contributed by atoms with Crippen LogP contribution in [0.3, 0.4) is 0 Å². The molecule has 0 rings (SSSR count). The third kappa shape index (κ3) is 38.1. The molecule has 0 saturated carbocycles. The van der Waals surface area contributed by atoms with Gasteiger partial charge in [0.15, 0.2) is 0 Å². The summed E-state index contributed by atoms with van der Waals surface area (Å²) in [6.45, 7) is 4.61. The molecule has 0 bridgehead atoms. The normalized spacial score (nSPS) is 12.4. The van der Waals surface area contributed by atoms with E-state index in [1.54, 1.807) is 0 Å². The van der Waals surface area contributed by atoms with Crippen molar-refractivity contribution in [3.05, 3.63) is 12.2 Å². The van der Waals surface area contributed by atoms with Gasteiger partial charge in [-0.3, -0.25) is 0 Å². The average molecular weight is 627 g/mol. The van der Waals surface area contributed by atoms with E-state index in [1.165, 1.54) is 218 Å². The molecule has 0 amide bonds. The van der Waals surface area contributed by atoms with Gasteiger partial charge in [-0.1, -0.05) is 225 Å². The van der Waals surface area contributed by atoms with Crippen LogP contribution in [0, 0.1) is 0 Å². The van der Waals surface area contributed by atoms with E-state index in [2.05, 4.69) is 45.0 Å². The quantitative estimate of drug-likeness (QED) is 0.0494. The molecule has 0 aromatic rings. The van der Waals surface area contributed by atoms with Gasteiger partial charge in [-0.05, 0) is 33.4 Å². The van der Waals surface area contributed by atoms with Gasteiger partial charge in [0.1, 0.15) is 0 Å². The molecule has 2 heteroatoms. The third-order valence-electron chi connectivity index (χ3n) is 9.60. The SMILES string of the molecule is CCCCCCCCCCCCCCCCCCC=CC(CCCCCCCCCCCCCCCCCC)N(C)C.Cl. The van der Waals surface area contributed by atoms with E-state index in [0.717, 1.165) is 0 Å². The Hall–Kier alpha value is -0.0100. The molecule has 1 atom stereocenters. The van der Waals surface area contributed by atoms with Crippen LogP contribution in [0.2, 0.25) is 0 Å². The molecular weight excluding hydrogens is 542 g/mol. The number of halogens is 1. The minimum atomic E-state index is 0. The van der Waals surface area contributed by atoms with Crippen LogP contribution >= 0.6 is 12.4 Å². The monoisotopic (exact) mass is 626 g/mol. The molecule has 0 aromatic heterocycles. The van der Waals surface area contributed by atoms with Crippen molar-refractivity contribution < 1.29 is 0 Å². The van der Waals surface area contributed by atoms with Crippen LogP contribution in [-0.4, -0.2) is 25.0 Å². The van der Waals surface area contributed by atoms with Gasteiger partial charge in [0, 0.05) is 6.04 Å². The van der Waals surface area contributed by atoms with Crippen molar-refractivity contribution in [1.29, 1.82) is 0 Å². The summed E-state index contributed by atoms with van der Waals surface area (Å²) >= 11 is 0. The summed E-state index contributed by atoms with van der Waals surface area (Å²) in [6, 6.07) is 0.637. The van der Waals surface area contributed by atoms with E-state index in [4.69, 9.17) is 0 Å². The van der Waals surface area contributed by atoms with Gasteiger partial charge in [0.2, 0.25) is 0 Å². The van der Waals surface area contributed by atoms with Gasteiger partial charge < -0.3 is 4.90 Å². The fourth-order valence-corrected chi connectivity index (χ4v) is 6.49. The van der Waals surface area contributed by atoms with Gasteiger partial charge in [-0.2, -0.15) is 0 Å². The number of hydrogen-bond donors (Lipinski definition) is 0. The van der Waals surface area contributed by atoms with Crippen LogP contribution in [0.4, 0.5) is 0 Å². The van der Waals surface area contributed by atoms with Crippen LogP contribution < -0.4 is 0 Å². The van der Waals surface area contributed by atoms with E-state index in [0.29, 0.717) is 6.04 Å². The summed E-state index contributed by atoms with van der Waals surface area (Å²) in [6.07, 6.45) is 54.1. The number of nitrogens with zero attached hydrogens (tertiary/aromatic N) is 1. The highest BCUT2D eigenvalue weighted by Crippen LogP contribution is 2.17. The standard InChI is InChI=1S/C41H83N.ClH/c1-5-7-9-11-13-15-17-19-21-23-24-26-28-30-32-34-36-38-40-41(42(3)4)39-37-35-33-31-29-27-25-22-20-18-16-14-12-10-8-6-2;/h38,40-41H,5-37,39H2,1-4H3;1H. The van der Waals surface area contributed by atoms with E-state index in [1.807, 2.05) is 0 Å². The van der Waals surface area contributed by atoms with Crippen molar-refractivity contribution in [1.82, 2.24) is 4.90 Å². The lowest BCUT2D eigenvalue weighted by molar-refractivity contribution is 0.318. The first kappa shape index (κ1) is 45.1. The Balaban J connectivity index is 0.